The van der Waals surface area contributed by atoms with Gasteiger partial charge in [-0.15, -0.1) is 12.4 Å². The molecule has 0 aliphatic carbocycles. The quantitative estimate of drug-likeness (QED) is 0.338. The molecule has 0 spiro atoms. The number of carbonyl (C=O) groups is 1. The van der Waals surface area contributed by atoms with Gasteiger partial charge in [0.1, 0.15) is 6.61 Å². The van der Waals surface area contributed by atoms with Gasteiger partial charge in [-0.05, 0) is 62.8 Å². The molecule has 0 aliphatic heterocycles. The molecular weight excluding hydrogens is 420 g/mol. The second kappa shape index (κ2) is 12.3. The molecule has 0 saturated carbocycles. The first-order valence-electron chi connectivity index (χ1n) is 11.0. The van der Waals surface area contributed by atoms with Gasteiger partial charge in [0.05, 0.1) is 11.3 Å². The normalized spacial score (nSPS) is 10.5. The van der Waals surface area contributed by atoms with Crippen molar-refractivity contribution >= 4 is 35.4 Å². The number of benzene rings is 3. The summed E-state index contributed by atoms with van der Waals surface area (Å²) in [6.45, 7) is 11.4. The number of para-hydroxylation sites is 2. The Morgan fingerprint density at radius 3 is 2.16 bits per heavy atom. The highest BCUT2D eigenvalue weighted by Crippen LogP contribution is 2.38. The van der Waals surface area contributed by atoms with Crippen LogP contribution in [0, 0.1) is 13.8 Å². The van der Waals surface area contributed by atoms with Crippen LogP contribution in [0.25, 0.3) is 0 Å². The molecule has 0 fully saturated rings. The maximum Gasteiger partial charge on any atom is 0.340 e. The second-order valence-electron chi connectivity index (χ2n) is 7.64. The molecule has 0 amide bonds. The number of carbonyl (C=O) groups excluding carboxylic acids is 1. The van der Waals surface area contributed by atoms with E-state index in [2.05, 4.69) is 67.8 Å². The van der Waals surface area contributed by atoms with Gasteiger partial charge in [-0.2, -0.15) is 0 Å². The van der Waals surface area contributed by atoms with Crippen molar-refractivity contribution in [3.05, 3.63) is 89.5 Å². The van der Waals surface area contributed by atoms with E-state index in [-0.39, 0.29) is 18.4 Å². The van der Waals surface area contributed by atoms with Crippen molar-refractivity contribution < 1.29 is 9.53 Å². The number of likely N-dealkylation sites (N-methyl/N-ethyl adjacent to an activating group) is 1. The fourth-order valence-electron chi connectivity index (χ4n) is 3.77. The van der Waals surface area contributed by atoms with Crippen molar-refractivity contribution in [3.63, 3.8) is 0 Å². The Balaban J connectivity index is 0.00000363. The van der Waals surface area contributed by atoms with E-state index >= 15 is 0 Å². The number of rotatable bonds is 9. The summed E-state index contributed by atoms with van der Waals surface area (Å²) in [6, 6.07) is 24.2. The number of aryl methyl sites for hydroxylation is 2. The minimum Gasteiger partial charge on any atom is -0.461 e. The molecule has 0 N–H and O–H groups in total. The van der Waals surface area contributed by atoms with Gasteiger partial charge >= 0.3 is 5.97 Å². The van der Waals surface area contributed by atoms with Gasteiger partial charge in [0.2, 0.25) is 0 Å². The van der Waals surface area contributed by atoms with Gasteiger partial charge in [0.25, 0.3) is 0 Å². The lowest BCUT2D eigenvalue weighted by Crippen LogP contribution is -2.28. The molecule has 0 aromatic heterocycles. The molecule has 0 saturated heterocycles. The number of halogens is 1. The Labute approximate surface area is 198 Å². The zero-order valence-electron chi connectivity index (χ0n) is 19.4. The largest absolute Gasteiger partial charge is 0.461 e. The molecule has 32 heavy (non-hydrogen) atoms. The molecule has 0 bridgehead atoms. The Kier molecular flexibility index (Phi) is 9.76. The van der Waals surface area contributed by atoms with E-state index in [4.69, 9.17) is 4.74 Å². The van der Waals surface area contributed by atoms with Crippen molar-refractivity contribution in [2.24, 2.45) is 0 Å². The standard InChI is InChI=1S/C27H32N2O2.ClH/c1-5-28(6-2)18-19-31-27(30)24-14-10-11-15-26(24)29(23-12-8-7-9-13-23)25-17-16-21(3)20-22(25)4;/h7-17,20H,5-6,18-19H2,1-4H3;1H. The second-order valence-corrected chi connectivity index (χ2v) is 7.64. The van der Waals surface area contributed by atoms with E-state index in [0.29, 0.717) is 12.2 Å². The SMILES string of the molecule is CCN(CC)CCOC(=O)c1ccccc1N(c1ccccc1)c1ccc(C)cc1C.Cl. The van der Waals surface area contributed by atoms with Crippen molar-refractivity contribution in [1.82, 2.24) is 4.90 Å². The maximum atomic E-state index is 13.1. The Morgan fingerprint density at radius 1 is 0.844 bits per heavy atom. The zero-order valence-corrected chi connectivity index (χ0v) is 20.2. The minimum atomic E-state index is -0.298. The van der Waals surface area contributed by atoms with Crippen LogP contribution in [0.5, 0.6) is 0 Å². The lowest BCUT2D eigenvalue weighted by molar-refractivity contribution is 0.0467. The number of nitrogens with zero attached hydrogens (tertiary/aromatic N) is 2. The topological polar surface area (TPSA) is 32.8 Å². The van der Waals surface area contributed by atoms with Gasteiger partial charge < -0.3 is 14.5 Å². The van der Waals surface area contributed by atoms with Crippen molar-refractivity contribution in [2.45, 2.75) is 27.7 Å². The predicted molar refractivity (Wildman–Crippen MR) is 136 cm³/mol. The van der Waals surface area contributed by atoms with Crippen molar-refractivity contribution in [2.75, 3.05) is 31.1 Å². The molecule has 0 radical (unpaired) electrons. The summed E-state index contributed by atoms with van der Waals surface area (Å²) in [6.07, 6.45) is 0. The third-order valence-electron chi connectivity index (χ3n) is 5.51. The molecular formula is C27H33ClN2O2. The number of hydrogen-bond donors (Lipinski definition) is 0. The van der Waals surface area contributed by atoms with E-state index < -0.39 is 0 Å². The summed E-state index contributed by atoms with van der Waals surface area (Å²) in [4.78, 5) is 17.4. The van der Waals surface area contributed by atoms with Crippen LogP contribution in [0.1, 0.15) is 35.3 Å². The lowest BCUT2D eigenvalue weighted by atomic mass is 10.1. The highest BCUT2D eigenvalue weighted by Gasteiger charge is 2.21. The molecule has 3 aromatic carbocycles. The molecule has 0 unspecified atom stereocenters. The van der Waals surface area contributed by atoms with E-state index in [0.717, 1.165) is 42.3 Å². The van der Waals surface area contributed by atoms with Gasteiger partial charge in [-0.3, -0.25) is 0 Å². The monoisotopic (exact) mass is 452 g/mol. The minimum absolute atomic E-state index is 0. The number of esters is 1. The predicted octanol–water partition coefficient (Wildman–Crippen LogP) is 6.69. The van der Waals surface area contributed by atoms with Crippen LogP contribution in [0.4, 0.5) is 17.1 Å². The summed E-state index contributed by atoms with van der Waals surface area (Å²) in [5.41, 5.74) is 5.77. The molecule has 3 rings (SSSR count). The first-order chi connectivity index (χ1) is 15.0. The summed E-state index contributed by atoms with van der Waals surface area (Å²) in [7, 11) is 0. The molecule has 170 valence electrons. The first-order valence-corrected chi connectivity index (χ1v) is 11.0. The average Bonchev–Trinajstić information content (AvgIpc) is 2.79. The highest BCUT2D eigenvalue weighted by molar-refractivity contribution is 5.99. The van der Waals surface area contributed by atoms with Gasteiger partial charge in [-0.25, -0.2) is 4.79 Å². The van der Waals surface area contributed by atoms with E-state index in [1.807, 2.05) is 42.5 Å². The number of anilines is 3. The van der Waals surface area contributed by atoms with E-state index in [1.165, 1.54) is 5.56 Å². The van der Waals surface area contributed by atoms with Crippen molar-refractivity contribution in [3.8, 4) is 0 Å². The highest BCUT2D eigenvalue weighted by atomic mass is 35.5. The van der Waals surface area contributed by atoms with Crippen LogP contribution in [0.2, 0.25) is 0 Å². The van der Waals surface area contributed by atoms with Crippen LogP contribution >= 0.6 is 12.4 Å². The smallest absolute Gasteiger partial charge is 0.340 e. The Morgan fingerprint density at radius 2 is 1.50 bits per heavy atom. The summed E-state index contributed by atoms with van der Waals surface area (Å²) >= 11 is 0. The van der Waals surface area contributed by atoms with Crippen LogP contribution in [-0.2, 0) is 4.74 Å². The third-order valence-corrected chi connectivity index (χ3v) is 5.51. The molecule has 5 heteroatoms. The summed E-state index contributed by atoms with van der Waals surface area (Å²) in [5, 5.41) is 0. The van der Waals surface area contributed by atoms with Crippen LogP contribution in [0.15, 0.2) is 72.8 Å². The van der Waals surface area contributed by atoms with Gasteiger partial charge in [0.15, 0.2) is 0 Å². The Bertz CT molecular complexity index is 1000. The Hall–Kier alpha value is -2.82. The molecule has 3 aromatic rings. The molecule has 0 aliphatic rings. The van der Waals surface area contributed by atoms with Crippen LogP contribution < -0.4 is 4.90 Å². The van der Waals surface area contributed by atoms with E-state index in [9.17, 15) is 4.79 Å². The van der Waals surface area contributed by atoms with Gasteiger partial charge in [0, 0.05) is 17.9 Å². The fraction of sp³-hybridized carbons (Fsp3) is 0.296. The summed E-state index contributed by atoms with van der Waals surface area (Å²) < 4.78 is 5.67. The summed E-state index contributed by atoms with van der Waals surface area (Å²) in [5.74, 6) is -0.298. The molecule has 0 heterocycles. The first kappa shape index (κ1) is 25.4. The molecule has 4 nitrogen and oxygen atoms in total. The number of hydrogen-bond acceptors (Lipinski definition) is 4. The van der Waals surface area contributed by atoms with Crippen LogP contribution in [-0.4, -0.2) is 37.1 Å². The molecule has 0 atom stereocenters. The number of ether oxygens (including phenoxy) is 1. The van der Waals surface area contributed by atoms with Gasteiger partial charge in [-0.1, -0.05) is 61.9 Å². The van der Waals surface area contributed by atoms with E-state index in [1.54, 1.807) is 0 Å². The maximum absolute atomic E-state index is 13.1. The fourth-order valence-corrected chi connectivity index (χ4v) is 3.77. The lowest BCUT2D eigenvalue weighted by Gasteiger charge is -2.28. The van der Waals surface area contributed by atoms with Crippen LogP contribution in [0.3, 0.4) is 0 Å². The third kappa shape index (κ3) is 6.12. The zero-order chi connectivity index (χ0) is 22.2. The van der Waals surface area contributed by atoms with Crippen molar-refractivity contribution in [1.29, 1.82) is 0 Å². The average molecular weight is 453 g/mol.